The van der Waals surface area contributed by atoms with Gasteiger partial charge in [0.2, 0.25) is 5.95 Å². The number of para-hydroxylation sites is 1. The third-order valence-corrected chi connectivity index (χ3v) is 3.51. The van der Waals surface area contributed by atoms with Crippen molar-refractivity contribution in [1.82, 2.24) is 9.97 Å². The van der Waals surface area contributed by atoms with E-state index in [1.807, 2.05) is 24.3 Å². The summed E-state index contributed by atoms with van der Waals surface area (Å²) in [7, 11) is 0. The maximum Gasteiger partial charge on any atom is 0.238 e. The molecule has 0 radical (unpaired) electrons. The average molecular weight is 248 g/mol. The summed E-state index contributed by atoms with van der Waals surface area (Å²) >= 11 is 1.76. The first kappa shape index (κ1) is 12.1. The smallest absolute Gasteiger partial charge is 0.238 e. The third-order valence-electron chi connectivity index (χ3n) is 2.43. The van der Waals surface area contributed by atoms with Crippen molar-refractivity contribution in [2.45, 2.75) is 24.8 Å². The normalized spacial score (nSPS) is 10.7. The summed E-state index contributed by atoms with van der Waals surface area (Å²) < 4.78 is 0. The number of rotatable bonds is 5. The van der Waals surface area contributed by atoms with Crippen molar-refractivity contribution in [2.24, 2.45) is 5.84 Å². The van der Waals surface area contributed by atoms with Crippen LogP contribution < -0.4 is 11.3 Å². The number of thioether (sulfide) groups is 1. The number of anilines is 1. The van der Waals surface area contributed by atoms with Crippen LogP contribution in [-0.4, -0.2) is 15.7 Å². The largest absolute Gasteiger partial charge is 0.292 e. The van der Waals surface area contributed by atoms with Crippen molar-refractivity contribution < 1.29 is 0 Å². The molecule has 5 heteroatoms. The molecule has 0 saturated heterocycles. The predicted octanol–water partition coefficient (Wildman–Crippen LogP) is 2.81. The summed E-state index contributed by atoms with van der Waals surface area (Å²) in [6.45, 7) is 2.19. The second-order valence-corrected chi connectivity index (χ2v) is 4.80. The Labute approximate surface area is 105 Å². The fourth-order valence-electron chi connectivity index (χ4n) is 1.54. The van der Waals surface area contributed by atoms with E-state index in [-0.39, 0.29) is 0 Å². The molecule has 4 nitrogen and oxygen atoms in total. The van der Waals surface area contributed by atoms with Gasteiger partial charge in [0, 0.05) is 5.39 Å². The van der Waals surface area contributed by atoms with Crippen LogP contribution in [0.2, 0.25) is 0 Å². The van der Waals surface area contributed by atoms with E-state index in [1.165, 1.54) is 12.8 Å². The van der Waals surface area contributed by atoms with Gasteiger partial charge in [0.25, 0.3) is 0 Å². The van der Waals surface area contributed by atoms with Crippen LogP contribution in [0.1, 0.15) is 19.8 Å². The monoisotopic (exact) mass is 248 g/mol. The molecule has 0 bridgehead atoms. The summed E-state index contributed by atoms with van der Waals surface area (Å²) in [6, 6.07) is 7.99. The molecule has 2 aromatic rings. The van der Waals surface area contributed by atoms with E-state index in [2.05, 4.69) is 22.3 Å². The Bertz CT molecular complexity index is 501. The molecule has 17 heavy (non-hydrogen) atoms. The number of hydrazine groups is 1. The van der Waals surface area contributed by atoms with Crippen LogP contribution in [0, 0.1) is 0 Å². The van der Waals surface area contributed by atoms with E-state index in [9.17, 15) is 0 Å². The molecular formula is C12H16N4S. The van der Waals surface area contributed by atoms with Gasteiger partial charge in [-0.05, 0) is 18.2 Å². The number of hydrogen-bond donors (Lipinski definition) is 2. The highest BCUT2D eigenvalue weighted by atomic mass is 32.2. The van der Waals surface area contributed by atoms with Gasteiger partial charge in [-0.25, -0.2) is 15.8 Å². The van der Waals surface area contributed by atoms with Crippen LogP contribution in [0.5, 0.6) is 0 Å². The van der Waals surface area contributed by atoms with Crippen molar-refractivity contribution in [3.63, 3.8) is 0 Å². The molecule has 0 fully saturated rings. The molecule has 0 spiro atoms. The van der Waals surface area contributed by atoms with Crippen LogP contribution >= 0.6 is 11.8 Å². The van der Waals surface area contributed by atoms with Gasteiger partial charge < -0.3 is 0 Å². The first-order chi connectivity index (χ1) is 8.35. The lowest BCUT2D eigenvalue weighted by atomic mass is 10.2. The average Bonchev–Trinajstić information content (AvgIpc) is 2.38. The number of nitrogens with zero attached hydrogens (tertiary/aromatic N) is 2. The first-order valence-electron chi connectivity index (χ1n) is 5.71. The topological polar surface area (TPSA) is 63.8 Å². The zero-order valence-electron chi connectivity index (χ0n) is 9.81. The molecule has 0 unspecified atom stereocenters. The minimum Gasteiger partial charge on any atom is -0.292 e. The number of fused-ring (bicyclic) bond motifs is 1. The maximum atomic E-state index is 5.38. The quantitative estimate of drug-likeness (QED) is 0.280. The van der Waals surface area contributed by atoms with Crippen LogP contribution in [0.25, 0.3) is 10.9 Å². The molecule has 90 valence electrons. The molecule has 0 aliphatic rings. The Morgan fingerprint density at radius 3 is 2.88 bits per heavy atom. The standard InChI is InChI=1S/C12H16N4S/c1-2-3-8-17-11-9-6-4-5-7-10(9)14-12(15-11)16-13/h4-7H,2-3,8,13H2,1H3,(H,14,15,16). The molecular weight excluding hydrogens is 232 g/mol. The molecule has 1 aromatic heterocycles. The Hall–Kier alpha value is -1.33. The summed E-state index contributed by atoms with van der Waals surface area (Å²) in [5, 5.41) is 2.09. The summed E-state index contributed by atoms with van der Waals surface area (Å²) in [5.41, 5.74) is 3.44. The maximum absolute atomic E-state index is 5.38. The number of nitrogens with one attached hydrogen (secondary N) is 1. The van der Waals surface area contributed by atoms with Crippen LogP contribution in [0.4, 0.5) is 5.95 Å². The molecule has 1 aromatic carbocycles. The molecule has 0 amide bonds. The van der Waals surface area contributed by atoms with Crippen molar-refractivity contribution in [3.8, 4) is 0 Å². The fourth-order valence-corrected chi connectivity index (χ4v) is 2.64. The van der Waals surface area contributed by atoms with E-state index in [1.54, 1.807) is 11.8 Å². The Balaban J connectivity index is 2.36. The molecule has 0 aliphatic carbocycles. The molecule has 3 N–H and O–H groups in total. The number of nitrogen functional groups attached to an aromatic ring is 1. The van der Waals surface area contributed by atoms with Crippen molar-refractivity contribution in [1.29, 1.82) is 0 Å². The van der Waals surface area contributed by atoms with Gasteiger partial charge in [0.1, 0.15) is 5.03 Å². The zero-order chi connectivity index (χ0) is 12.1. The van der Waals surface area contributed by atoms with Gasteiger partial charge in [-0.1, -0.05) is 31.5 Å². The van der Waals surface area contributed by atoms with Gasteiger partial charge in [0.15, 0.2) is 0 Å². The first-order valence-corrected chi connectivity index (χ1v) is 6.70. The van der Waals surface area contributed by atoms with Crippen molar-refractivity contribution >= 4 is 28.6 Å². The van der Waals surface area contributed by atoms with E-state index < -0.39 is 0 Å². The second-order valence-electron chi connectivity index (χ2n) is 3.72. The number of nitrogens with two attached hydrogens (primary N) is 1. The van der Waals surface area contributed by atoms with E-state index in [0.29, 0.717) is 5.95 Å². The number of aromatic nitrogens is 2. The zero-order valence-corrected chi connectivity index (χ0v) is 10.6. The second kappa shape index (κ2) is 5.84. The van der Waals surface area contributed by atoms with Crippen molar-refractivity contribution in [2.75, 3.05) is 11.2 Å². The van der Waals surface area contributed by atoms with Gasteiger partial charge in [-0.15, -0.1) is 11.8 Å². The van der Waals surface area contributed by atoms with Crippen molar-refractivity contribution in [3.05, 3.63) is 24.3 Å². The number of unbranched alkanes of at least 4 members (excludes halogenated alkanes) is 1. The highest BCUT2D eigenvalue weighted by Crippen LogP contribution is 2.26. The SMILES string of the molecule is CCCCSc1nc(NN)nc2ccccc12. The minimum absolute atomic E-state index is 0.475. The lowest BCUT2D eigenvalue weighted by molar-refractivity contribution is 0.895. The summed E-state index contributed by atoms with van der Waals surface area (Å²) in [4.78, 5) is 8.73. The highest BCUT2D eigenvalue weighted by Gasteiger charge is 2.06. The molecule has 1 heterocycles. The van der Waals surface area contributed by atoms with Gasteiger partial charge in [0.05, 0.1) is 5.52 Å². The third kappa shape index (κ3) is 2.87. The van der Waals surface area contributed by atoms with Crippen LogP contribution in [0.3, 0.4) is 0 Å². The fraction of sp³-hybridized carbons (Fsp3) is 0.333. The summed E-state index contributed by atoms with van der Waals surface area (Å²) in [6.07, 6.45) is 2.38. The lowest BCUT2D eigenvalue weighted by Crippen LogP contribution is -2.11. The minimum atomic E-state index is 0.475. The molecule has 0 aliphatic heterocycles. The lowest BCUT2D eigenvalue weighted by Gasteiger charge is -2.07. The van der Waals surface area contributed by atoms with Crippen LogP contribution in [0.15, 0.2) is 29.3 Å². The molecule has 0 saturated carbocycles. The number of hydrogen-bond acceptors (Lipinski definition) is 5. The Morgan fingerprint density at radius 2 is 2.12 bits per heavy atom. The Kier molecular flexibility index (Phi) is 4.17. The van der Waals surface area contributed by atoms with E-state index in [4.69, 9.17) is 5.84 Å². The number of benzene rings is 1. The highest BCUT2D eigenvalue weighted by molar-refractivity contribution is 7.99. The van der Waals surface area contributed by atoms with E-state index >= 15 is 0 Å². The Morgan fingerprint density at radius 1 is 1.29 bits per heavy atom. The van der Waals surface area contributed by atoms with Gasteiger partial charge in [-0.2, -0.15) is 0 Å². The van der Waals surface area contributed by atoms with Crippen LogP contribution in [-0.2, 0) is 0 Å². The van der Waals surface area contributed by atoms with Gasteiger partial charge >= 0.3 is 0 Å². The molecule has 2 rings (SSSR count). The molecule has 0 atom stereocenters. The summed E-state index contributed by atoms with van der Waals surface area (Å²) in [5.74, 6) is 6.93. The van der Waals surface area contributed by atoms with E-state index in [0.717, 1.165) is 21.7 Å². The van der Waals surface area contributed by atoms with Gasteiger partial charge in [-0.3, -0.25) is 5.43 Å². The predicted molar refractivity (Wildman–Crippen MR) is 73.0 cm³/mol.